The van der Waals surface area contributed by atoms with E-state index in [1.54, 1.807) is 25.3 Å². The number of hydrogen-bond acceptors (Lipinski definition) is 6. The number of hydrogen-bond donors (Lipinski definition) is 0. The topological polar surface area (TPSA) is 77.4 Å². The van der Waals surface area contributed by atoms with Crippen LogP contribution in [0.2, 0.25) is 0 Å². The van der Waals surface area contributed by atoms with Crippen LogP contribution < -0.4 is 14.2 Å². The monoisotopic (exact) mass is 508 g/mol. The number of aldehydes is 1. The highest BCUT2D eigenvalue weighted by atomic mass is 16.5. The Kier molecular flexibility index (Phi) is 7.35. The molecule has 1 unspecified atom stereocenters. The Hall–Kier alpha value is -4.65. The quantitative estimate of drug-likeness (QED) is 0.267. The summed E-state index contributed by atoms with van der Waals surface area (Å²) >= 11 is 0. The lowest BCUT2D eigenvalue weighted by atomic mass is 9.95. The van der Waals surface area contributed by atoms with Crippen LogP contribution in [0.1, 0.15) is 40.9 Å². The predicted molar refractivity (Wildman–Crippen MR) is 146 cm³/mol. The molecule has 4 aromatic carbocycles. The van der Waals surface area contributed by atoms with E-state index in [0.717, 1.165) is 39.6 Å². The van der Waals surface area contributed by atoms with E-state index in [2.05, 4.69) is 18.2 Å². The number of carbonyl (C=O) groups is 2. The zero-order chi connectivity index (χ0) is 26.5. The Morgan fingerprint density at radius 2 is 1.76 bits per heavy atom. The van der Waals surface area contributed by atoms with E-state index in [1.807, 2.05) is 55.5 Å². The summed E-state index contributed by atoms with van der Waals surface area (Å²) in [6.07, 6.45) is 1.30. The van der Waals surface area contributed by atoms with Gasteiger partial charge in [-0.1, -0.05) is 54.6 Å². The van der Waals surface area contributed by atoms with Crippen molar-refractivity contribution < 1.29 is 23.8 Å². The van der Waals surface area contributed by atoms with Crippen LogP contribution >= 0.6 is 0 Å². The Morgan fingerprint density at radius 3 is 2.53 bits per heavy atom. The van der Waals surface area contributed by atoms with Crippen LogP contribution in [0, 0.1) is 0 Å². The summed E-state index contributed by atoms with van der Waals surface area (Å²) in [6, 6.07) is 26.5. The molecule has 0 radical (unpaired) electrons. The van der Waals surface area contributed by atoms with Crippen molar-refractivity contribution in [1.82, 2.24) is 5.01 Å². The molecule has 0 N–H and O–H groups in total. The summed E-state index contributed by atoms with van der Waals surface area (Å²) in [5, 5.41) is 8.53. The maximum Gasteiger partial charge on any atom is 0.281 e. The van der Waals surface area contributed by atoms with E-state index in [-0.39, 0.29) is 18.6 Å². The molecule has 192 valence electrons. The zero-order valence-corrected chi connectivity index (χ0v) is 21.3. The third-order valence-electron chi connectivity index (χ3n) is 6.52. The summed E-state index contributed by atoms with van der Waals surface area (Å²) in [5.74, 6) is 1.26. The summed E-state index contributed by atoms with van der Waals surface area (Å²) in [4.78, 5) is 24.7. The van der Waals surface area contributed by atoms with Gasteiger partial charge in [0.1, 0.15) is 12.0 Å². The van der Waals surface area contributed by atoms with Crippen molar-refractivity contribution in [3.63, 3.8) is 0 Å². The summed E-state index contributed by atoms with van der Waals surface area (Å²) in [6.45, 7) is 2.01. The van der Waals surface area contributed by atoms with Crippen molar-refractivity contribution >= 4 is 28.7 Å². The second kappa shape index (κ2) is 11.2. The molecule has 7 heteroatoms. The number of methoxy groups -OCH3 is 1. The van der Waals surface area contributed by atoms with Gasteiger partial charge in [-0.2, -0.15) is 5.10 Å². The number of carbonyl (C=O) groups excluding carboxylic acids is 2. The highest BCUT2D eigenvalue weighted by molar-refractivity contribution is 6.12. The van der Waals surface area contributed by atoms with Gasteiger partial charge in [0.15, 0.2) is 18.1 Å². The third kappa shape index (κ3) is 5.09. The minimum absolute atomic E-state index is 0.237. The van der Waals surface area contributed by atoms with Gasteiger partial charge in [-0.05, 0) is 53.6 Å². The van der Waals surface area contributed by atoms with Crippen LogP contribution in [0.3, 0.4) is 0 Å². The predicted octanol–water partition coefficient (Wildman–Crippen LogP) is 5.82. The molecule has 4 aromatic rings. The van der Waals surface area contributed by atoms with Crippen molar-refractivity contribution in [1.29, 1.82) is 0 Å². The van der Waals surface area contributed by atoms with Gasteiger partial charge < -0.3 is 14.2 Å². The number of ether oxygens (including phenoxy) is 3. The molecule has 0 spiro atoms. The standard InChI is InChI=1S/C31H28N2O5/c1-3-37-30-17-21(19-34)11-16-29(30)38-20-31(35)33-28(23-12-14-24(36-2)15-13-23)18-27(32-33)26-10-6-8-22-7-4-5-9-25(22)26/h4-17,19,28H,3,18,20H2,1-2H3. The van der Waals surface area contributed by atoms with E-state index in [1.165, 1.54) is 5.01 Å². The lowest BCUT2D eigenvalue weighted by Gasteiger charge is -2.22. The Morgan fingerprint density at radius 1 is 0.974 bits per heavy atom. The molecule has 1 atom stereocenters. The first-order valence-corrected chi connectivity index (χ1v) is 12.5. The van der Waals surface area contributed by atoms with Gasteiger partial charge in [0.05, 0.1) is 25.5 Å². The molecule has 1 aliphatic heterocycles. The van der Waals surface area contributed by atoms with Gasteiger partial charge in [0, 0.05) is 17.5 Å². The molecule has 0 fully saturated rings. The molecule has 0 aliphatic carbocycles. The Balaban J connectivity index is 1.45. The molecule has 38 heavy (non-hydrogen) atoms. The van der Waals surface area contributed by atoms with E-state index in [9.17, 15) is 9.59 Å². The van der Waals surface area contributed by atoms with Crippen molar-refractivity contribution in [2.24, 2.45) is 5.10 Å². The fraction of sp³-hybridized carbons (Fsp3) is 0.194. The second-order valence-corrected chi connectivity index (χ2v) is 8.85. The molecule has 1 aliphatic rings. The van der Waals surface area contributed by atoms with E-state index >= 15 is 0 Å². The first-order valence-electron chi connectivity index (χ1n) is 12.5. The number of amides is 1. The van der Waals surface area contributed by atoms with Gasteiger partial charge in [0.25, 0.3) is 5.91 Å². The van der Waals surface area contributed by atoms with Crippen LogP contribution in [0.4, 0.5) is 0 Å². The van der Waals surface area contributed by atoms with Crippen LogP contribution in [0.15, 0.2) is 90.0 Å². The average molecular weight is 509 g/mol. The molecule has 1 heterocycles. The molecule has 7 nitrogen and oxygen atoms in total. The molecule has 0 bridgehead atoms. The largest absolute Gasteiger partial charge is 0.497 e. The molecule has 1 amide bonds. The number of fused-ring (bicyclic) bond motifs is 1. The van der Waals surface area contributed by atoms with Gasteiger partial charge in [-0.15, -0.1) is 0 Å². The number of rotatable bonds is 9. The third-order valence-corrected chi connectivity index (χ3v) is 6.52. The van der Waals surface area contributed by atoms with Crippen LogP contribution in [0.5, 0.6) is 17.2 Å². The SMILES string of the molecule is CCOc1cc(C=O)ccc1OCC(=O)N1N=C(c2cccc3ccccc23)CC1c1ccc(OC)cc1. The summed E-state index contributed by atoms with van der Waals surface area (Å²) in [5.41, 5.74) is 3.25. The van der Waals surface area contributed by atoms with Crippen LogP contribution in [-0.2, 0) is 4.79 Å². The van der Waals surface area contributed by atoms with E-state index < -0.39 is 0 Å². The summed E-state index contributed by atoms with van der Waals surface area (Å²) in [7, 11) is 1.62. The fourth-order valence-corrected chi connectivity index (χ4v) is 4.66. The van der Waals surface area contributed by atoms with E-state index in [4.69, 9.17) is 19.3 Å². The van der Waals surface area contributed by atoms with Crippen molar-refractivity contribution in [3.05, 3.63) is 102 Å². The molecule has 0 saturated heterocycles. The molecular formula is C31H28N2O5. The second-order valence-electron chi connectivity index (χ2n) is 8.85. The first kappa shape index (κ1) is 25.0. The first-order chi connectivity index (χ1) is 18.6. The molecular weight excluding hydrogens is 480 g/mol. The molecule has 0 aromatic heterocycles. The highest BCUT2D eigenvalue weighted by Crippen LogP contribution is 2.36. The number of benzene rings is 4. The lowest BCUT2D eigenvalue weighted by molar-refractivity contribution is -0.135. The Bertz CT molecular complexity index is 1490. The van der Waals surface area contributed by atoms with Crippen molar-refractivity contribution in [2.45, 2.75) is 19.4 Å². The van der Waals surface area contributed by atoms with Gasteiger partial charge in [-0.3, -0.25) is 9.59 Å². The number of hydrazone groups is 1. The van der Waals surface area contributed by atoms with Gasteiger partial charge >= 0.3 is 0 Å². The Labute approximate surface area is 221 Å². The van der Waals surface area contributed by atoms with Gasteiger partial charge in [0.2, 0.25) is 0 Å². The highest BCUT2D eigenvalue weighted by Gasteiger charge is 2.34. The van der Waals surface area contributed by atoms with Gasteiger partial charge in [-0.25, -0.2) is 5.01 Å². The van der Waals surface area contributed by atoms with Crippen molar-refractivity contribution in [3.8, 4) is 17.2 Å². The smallest absolute Gasteiger partial charge is 0.281 e. The molecule has 5 rings (SSSR count). The zero-order valence-electron chi connectivity index (χ0n) is 21.3. The number of nitrogens with zero attached hydrogens (tertiary/aromatic N) is 2. The van der Waals surface area contributed by atoms with E-state index in [0.29, 0.717) is 30.1 Å². The van der Waals surface area contributed by atoms with Crippen LogP contribution in [0.25, 0.3) is 10.8 Å². The van der Waals surface area contributed by atoms with Crippen LogP contribution in [-0.4, -0.2) is 43.2 Å². The lowest BCUT2D eigenvalue weighted by Crippen LogP contribution is -2.31. The minimum Gasteiger partial charge on any atom is -0.497 e. The van der Waals surface area contributed by atoms with Crippen molar-refractivity contribution in [2.75, 3.05) is 20.3 Å². The normalized spacial score (nSPS) is 14.7. The summed E-state index contributed by atoms with van der Waals surface area (Å²) < 4.78 is 16.8. The minimum atomic E-state index is -0.297. The fourth-order valence-electron chi connectivity index (χ4n) is 4.66. The maximum atomic E-state index is 13.5. The average Bonchev–Trinajstić information content (AvgIpc) is 3.41. The maximum absolute atomic E-state index is 13.5. The molecule has 0 saturated carbocycles.